The number of methoxy groups -OCH3 is 1. The highest BCUT2D eigenvalue weighted by atomic mass is 127. The first kappa shape index (κ1) is 16.7. The minimum atomic E-state index is 0. The number of ether oxygens (including phenoxy) is 1. The van der Waals surface area contributed by atoms with E-state index in [1.807, 2.05) is 36.7 Å². The average Bonchev–Trinajstić information content (AvgIpc) is 2.83. The van der Waals surface area contributed by atoms with Gasteiger partial charge in [-0.25, -0.2) is 9.98 Å². The second kappa shape index (κ2) is 8.05. The van der Waals surface area contributed by atoms with Crippen LogP contribution in [0.5, 0.6) is 5.75 Å². The van der Waals surface area contributed by atoms with Gasteiger partial charge in [0.1, 0.15) is 5.75 Å². The first-order valence-electron chi connectivity index (χ1n) is 5.79. The van der Waals surface area contributed by atoms with Crippen molar-refractivity contribution in [3.8, 4) is 5.75 Å². The van der Waals surface area contributed by atoms with Gasteiger partial charge in [0.2, 0.25) is 0 Å². The topological polar surface area (TPSA) is 72.5 Å². The highest BCUT2D eigenvalue weighted by Gasteiger charge is 2.01. The van der Waals surface area contributed by atoms with E-state index in [4.69, 9.17) is 10.5 Å². The SMILES string of the molecule is COc1ccc(NC(N)=NCc2scnc2C)cc1.I. The molecule has 3 N–H and O–H groups in total. The molecule has 0 atom stereocenters. The van der Waals surface area contributed by atoms with Crippen LogP contribution >= 0.6 is 35.3 Å². The molecule has 1 aromatic heterocycles. The Balaban J connectivity index is 0.00000200. The number of halogens is 1. The maximum atomic E-state index is 5.83. The van der Waals surface area contributed by atoms with E-state index >= 15 is 0 Å². The summed E-state index contributed by atoms with van der Waals surface area (Å²) in [6, 6.07) is 7.50. The molecule has 0 radical (unpaired) electrons. The highest BCUT2D eigenvalue weighted by molar-refractivity contribution is 14.0. The summed E-state index contributed by atoms with van der Waals surface area (Å²) in [7, 11) is 1.63. The lowest BCUT2D eigenvalue weighted by Crippen LogP contribution is -2.22. The van der Waals surface area contributed by atoms with Crippen LogP contribution in [0, 0.1) is 6.92 Å². The van der Waals surface area contributed by atoms with Crippen LogP contribution in [0.15, 0.2) is 34.8 Å². The number of thiazole rings is 1. The molecule has 0 unspecified atom stereocenters. The van der Waals surface area contributed by atoms with E-state index < -0.39 is 0 Å². The molecule has 0 aliphatic heterocycles. The molecule has 7 heteroatoms. The summed E-state index contributed by atoms with van der Waals surface area (Å²) in [6.07, 6.45) is 0. The van der Waals surface area contributed by atoms with Gasteiger partial charge in [0.15, 0.2) is 5.96 Å². The van der Waals surface area contributed by atoms with Crippen LogP contribution < -0.4 is 15.8 Å². The van der Waals surface area contributed by atoms with Gasteiger partial charge in [0.05, 0.1) is 24.9 Å². The van der Waals surface area contributed by atoms with E-state index in [1.165, 1.54) is 0 Å². The third-order valence-corrected chi connectivity index (χ3v) is 3.52. The zero-order chi connectivity index (χ0) is 13.7. The Morgan fingerprint density at radius 3 is 2.65 bits per heavy atom. The summed E-state index contributed by atoms with van der Waals surface area (Å²) in [5.41, 5.74) is 9.53. The molecule has 2 aromatic rings. The van der Waals surface area contributed by atoms with Gasteiger partial charge in [-0.2, -0.15) is 0 Å². The number of nitrogens with zero attached hydrogens (tertiary/aromatic N) is 2. The van der Waals surface area contributed by atoms with E-state index in [0.717, 1.165) is 22.0 Å². The van der Waals surface area contributed by atoms with Crippen LogP contribution in [-0.4, -0.2) is 18.1 Å². The zero-order valence-electron chi connectivity index (χ0n) is 11.3. The molecule has 0 spiro atoms. The van der Waals surface area contributed by atoms with Gasteiger partial charge in [-0.1, -0.05) is 0 Å². The monoisotopic (exact) mass is 404 g/mol. The first-order valence-corrected chi connectivity index (χ1v) is 6.67. The normalized spacial score (nSPS) is 10.8. The van der Waals surface area contributed by atoms with Crippen molar-refractivity contribution in [3.05, 3.63) is 40.3 Å². The molecule has 20 heavy (non-hydrogen) atoms. The average molecular weight is 404 g/mol. The number of anilines is 1. The third kappa shape index (κ3) is 4.64. The van der Waals surface area contributed by atoms with Gasteiger partial charge in [-0.05, 0) is 31.2 Å². The predicted molar refractivity (Wildman–Crippen MR) is 94.2 cm³/mol. The lowest BCUT2D eigenvalue weighted by Gasteiger charge is -2.06. The third-order valence-electron chi connectivity index (χ3n) is 2.60. The van der Waals surface area contributed by atoms with Gasteiger partial charge < -0.3 is 15.8 Å². The number of nitrogens with two attached hydrogens (primary N) is 1. The number of guanidine groups is 1. The maximum absolute atomic E-state index is 5.83. The Hall–Kier alpha value is -1.35. The summed E-state index contributed by atoms with van der Waals surface area (Å²) < 4.78 is 5.09. The van der Waals surface area contributed by atoms with Gasteiger partial charge in [0.25, 0.3) is 0 Å². The van der Waals surface area contributed by atoms with Crippen molar-refractivity contribution in [3.63, 3.8) is 0 Å². The molecule has 0 saturated heterocycles. The Bertz CT molecular complexity index is 568. The quantitative estimate of drug-likeness (QED) is 0.467. The van der Waals surface area contributed by atoms with Crippen LogP contribution in [0.3, 0.4) is 0 Å². The van der Waals surface area contributed by atoms with Crippen LogP contribution in [0.25, 0.3) is 0 Å². The van der Waals surface area contributed by atoms with Gasteiger partial charge in [-0.3, -0.25) is 0 Å². The fourth-order valence-electron chi connectivity index (χ4n) is 1.50. The van der Waals surface area contributed by atoms with Crippen LogP contribution in [0.2, 0.25) is 0 Å². The van der Waals surface area contributed by atoms with Crippen molar-refractivity contribution in [1.29, 1.82) is 0 Å². The fraction of sp³-hybridized carbons (Fsp3) is 0.231. The predicted octanol–water partition coefficient (Wildman–Crippen LogP) is 3.00. The molecular weight excluding hydrogens is 387 g/mol. The van der Waals surface area contributed by atoms with E-state index in [9.17, 15) is 0 Å². The van der Waals surface area contributed by atoms with Gasteiger partial charge in [0, 0.05) is 10.6 Å². The molecule has 0 bridgehead atoms. The number of rotatable bonds is 4. The number of nitrogens with one attached hydrogen (secondary N) is 1. The summed E-state index contributed by atoms with van der Waals surface area (Å²) in [5, 5.41) is 3.03. The molecule has 0 amide bonds. The molecule has 1 aromatic carbocycles. The van der Waals surface area contributed by atoms with Gasteiger partial charge >= 0.3 is 0 Å². The number of benzene rings is 1. The number of aryl methyl sites for hydroxylation is 1. The van der Waals surface area contributed by atoms with Gasteiger partial charge in [-0.15, -0.1) is 35.3 Å². The second-order valence-electron chi connectivity index (χ2n) is 3.92. The highest BCUT2D eigenvalue weighted by Crippen LogP contribution is 2.15. The summed E-state index contributed by atoms with van der Waals surface area (Å²) in [6.45, 7) is 2.51. The lowest BCUT2D eigenvalue weighted by molar-refractivity contribution is 0.415. The van der Waals surface area contributed by atoms with E-state index in [1.54, 1.807) is 18.4 Å². The number of hydrogen-bond donors (Lipinski definition) is 2. The van der Waals surface area contributed by atoms with Crippen LogP contribution in [0.1, 0.15) is 10.6 Å². The van der Waals surface area contributed by atoms with Crippen LogP contribution in [-0.2, 0) is 6.54 Å². The minimum absolute atomic E-state index is 0. The molecular formula is C13H17IN4OS. The number of aliphatic imine (C=N–C) groups is 1. The maximum Gasteiger partial charge on any atom is 0.193 e. The summed E-state index contributed by atoms with van der Waals surface area (Å²) in [4.78, 5) is 9.58. The Morgan fingerprint density at radius 1 is 1.40 bits per heavy atom. The minimum Gasteiger partial charge on any atom is -0.497 e. The standard InChI is InChI=1S/C13H16N4OS.HI/c1-9-12(19-8-16-9)7-15-13(14)17-10-3-5-11(18-2)6-4-10;/h3-6,8H,7H2,1-2H3,(H3,14,15,17);1H. The Labute approximate surface area is 139 Å². The Kier molecular flexibility index (Phi) is 6.73. The molecule has 0 fully saturated rings. The molecule has 0 saturated carbocycles. The van der Waals surface area contributed by atoms with E-state index in [0.29, 0.717) is 12.5 Å². The van der Waals surface area contributed by atoms with Crippen molar-refractivity contribution in [2.75, 3.05) is 12.4 Å². The van der Waals surface area contributed by atoms with Crippen molar-refractivity contribution in [2.24, 2.45) is 10.7 Å². The molecule has 0 aliphatic carbocycles. The smallest absolute Gasteiger partial charge is 0.193 e. The van der Waals surface area contributed by atoms with Crippen LogP contribution in [0.4, 0.5) is 5.69 Å². The van der Waals surface area contributed by atoms with Crippen molar-refractivity contribution in [1.82, 2.24) is 4.98 Å². The lowest BCUT2D eigenvalue weighted by atomic mass is 10.3. The van der Waals surface area contributed by atoms with Crippen molar-refractivity contribution in [2.45, 2.75) is 13.5 Å². The first-order chi connectivity index (χ1) is 9.19. The molecule has 2 rings (SSSR count). The largest absolute Gasteiger partial charge is 0.497 e. The number of aromatic nitrogens is 1. The Morgan fingerprint density at radius 2 is 2.10 bits per heavy atom. The fourth-order valence-corrected chi connectivity index (χ4v) is 2.20. The summed E-state index contributed by atoms with van der Waals surface area (Å²) >= 11 is 1.58. The molecule has 0 aliphatic rings. The molecule has 108 valence electrons. The van der Waals surface area contributed by atoms with E-state index in [-0.39, 0.29) is 24.0 Å². The molecule has 5 nitrogen and oxygen atoms in total. The number of hydrogen-bond acceptors (Lipinski definition) is 4. The van der Waals surface area contributed by atoms with Crippen molar-refractivity contribution < 1.29 is 4.74 Å². The molecule has 1 heterocycles. The van der Waals surface area contributed by atoms with Crippen molar-refractivity contribution >= 4 is 47.0 Å². The second-order valence-corrected chi connectivity index (χ2v) is 4.86. The van der Waals surface area contributed by atoms with E-state index in [2.05, 4.69) is 15.3 Å². The zero-order valence-corrected chi connectivity index (χ0v) is 14.4. The summed E-state index contributed by atoms with van der Waals surface area (Å²) in [5.74, 6) is 1.19.